The fourth-order valence-electron chi connectivity index (χ4n) is 1.99. The van der Waals surface area contributed by atoms with Crippen LogP contribution < -0.4 is 5.32 Å². The molecule has 1 aromatic rings. The summed E-state index contributed by atoms with van der Waals surface area (Å²) in [4.78, 5) is 4.34. The summed E-state index contributed by atoms with van der Waals surface area (Å²) in [5, 5.41) is 12.5. The Kier molecular flexibility index (Phi) is 3.70. The minimum atomic E-state index is 0.247. The maximum absolute atomic E-state index is 9.02. The van der Waals surface area contributed by atoms with E-state index in [2.05, 4.69) is 35.4 Å². The summed E-state index contributed by atoms with van der Waals surface area (Å²) in [6.45, 7) is 3.11. The van der Waals surface area contributed by atoms with Gasteiger partial charge in [0.2, 0.25) is 0 Å². The van der Waals surface area contributed by atoms with Crippen LogP contribution in [-0.4, -0.2) is 22.7 Å². The SMILES string of the molecule is Cc1cccnc1CN[C@@H]1C=C[C@H](CO)C1. The van der Waals surface area contributed by atoms with Crippen LogP contribution in [0.2, 0.25) is 0 Å². The predicted molar refractivity (Wildman–Crippen MR) is 63.9 cm³/mol. The van der Waals surface area contributed by atoms with Crippen LogP contribution in [0.1, 0.15) is 17.7 Å². The molecule has 0 bridgehead atoms. The van der Waals surface area contributed by atoms with Crippen LogP contribution in [0.4, 0.5) is 0 Å². The first-order valence-electron chi connectivity index (χ1n) is 5.72. The van der Waals surface area contributed by atoms with Crippen molar-refractivity contribution < 1.29 is 5.11 Å². The van der Waals surface area contributed by atoms with Crippen LogP contribution in [0.5, 0.6) is 0 Å². The van der Waals surface area contributed by atoms with Gasteiger partial charge in [-0.25, -0.2) is 0 Å². The minimum absolute atomic E-state index is 0.247. The number of hydrogen-bond donors (Lipinski definition) is 2. The number of nitrogens with one attached hydrogen (secondary N) is 1. The lowest BCUT2D eigenvalue weighted by Crippen LogP contribution is -2.26. The maximum atomic E-state index is 9.02. The molecular weight excluding hydrogens is 200 g/mol. The Morgan fingerprint density at radius 2 is 2.38 bits per heavy atom. The molecule has 0 aliphatic heterocycles. The third-order valence-electron chi connectivity index (χ3n) is 3.06. The number of rotatable bonds is 4. The quantitative estimate of drug-likeness (QED) is 0.751. The second kappa shape index (κ2) is 5.23. The standard InChI is InChI=1S/C13H18N2O/c1-10-3-2-6-14-13(10)8-15-12-5-4-11(7-12)9-16/h2-6,11-12,15-16H,7-9H2,1H3/t11-,12+/m0/s1. The van der Waals surface area contributed by atoms with E-state index in [1.54, 1.807) is 0 Å². The van der Waals surface area contributed by atoms with Gasteiger partial charge in [0.1, 0.15) is 0 Å². The van der Waals surface area contributed by atoms with Gasteiger partial charge in [0, 0.05) is 31.3 Å². The van der Waals surface area contributed by atoms with E-state index < -0.39 is 0 Å². The van der Waals surface area contributed by atoms with Crippen LogP contribution in [0.3, 0.4) is 0 Å². The Morgan fingerprint density at radius 1 is 1.50 bits per heavy atom. The Bertz CT molecular complexity index is 376. The first-order valence-corrected chi connectivity index (χ1v) is 5.72. The fraction of sp³-hybridized carbons (Fsp3) is 0.462. The molecule has 1 aliphatic rings. The zero-order chi connectivity index (χ0) is 11.4. The van der Waals surface area contributed by atoms with Crippen molar-refractivity contribution >= 4 is 0 Å². The van der Waals surface area contributed by atoms with Gasteiger partial charge in [0.15, 0.2) is 0 Å². The molecule has 3 heteroatoms. The molecule has 1 heterocycles. The van der Waals surface area contributed by atoms with Gasteiger partial charge in [0.25, 0.3) is 0 Å². The number of aliphatic hydroxyl groups excluding tert-OH is 1. The van der Waals surface area contributed by atoms with Crippen LogP contribution >= 0.6 is 0 Å². The van der Waals surface area contributed by atoms with Crippen molar-refractivity contribution in [1.82, 2.24) is 10.3 Å². The number of nitrogens with zero attached hydrogens (tertiary/aromatic N) is 1. The number of hydrogen-bond acceptors (Lipinski definition) is 3. The zero-order valence-corrected chi connectivity index (χ0v) is 9.56. The molecule has 1 aromatic heterocycles. The molecule has 2 atom stereocenters. The number of aromatic nitrogens is 1. The van der Waals surface area contributed by atoms with Gasteiger partial charge < -0.3 is 10.4 Å². The van der Waals surface area contributed by atoms with E-state index in [1.807, 2.05) is 12.3 Å². The fourth-order valence-corrected chi connectivity index (χ4v) is 1.99. The van der Waals surface area contributed by atoms with Gasteiger partial charge in [0.05, 0.1) is 5.69 Å². The third-order valence-corrected chi connectivity index (χ3v) is 3.06. The second-order valence-corrected chi connectivity index (χ2v) is 4.32. The lowest BCUT2D eigenvalue weighted by atomic mass is 10.1. The number of aryl methyl sites for hydroxylation is 1. The lowest BCUT2D eigenvalue weighted by molar-refractivity contribution is 0.246. The smallest absolute Gasteiger partial charge is 0.0570 e. The molecular formula is C13H18N2O. The van der Waals surface area contributed by atoms with Crippen molar-refractivity contribution in [2.45, 2.75) is 25.9 Å². The first kappa shape index (κ1) is 11.3. The molecule has 16 heavy (non-hydrogen) atoms. The topological polar surface area (TPSA) is 45.2 Å². The molecule has 2 rings (SSSR count). The first-order chi connectivity index (χ1) is 7.79. The van der Waals surface area contributed by atoms with E-state index in [4.69, 9.17) is 5.11 Å². The van der Waals surface area contributed by atoms with E-state index in [9.17, 15) is 0 Å². The summed E-state index contributed by atoms with van der Waals surface area (Å²) < 4.78 is 0. The van der Waals surface area contributed by atoms with E-state index in [0.29, 0.717) is 12.0 Å². The van der Waals surface area contributed by atoms with Crippen LogP contribution in [0, 0.1) is 12.8 Å². The molecule has 3 nitrogen and oxygen atoms in total. The van der Waals surface area contributed by atoms with Crippen LogP contribution in [0.25, 0.3) is 0 Å². The van der Waals surface area contributed by atoms with Gasteiger partial charge >= 0.3 is 0 Å². The van der Waals surface area contributed by atoms with Gasteiger partial charge in [-0.15, -0.1) is 0 Å². The Labute approximate surface area is 96.2 Å². The normalized spacial score (nSPS) is 23.9. The second-order valence-electron chi connectivity index (χ2n) is 4.32. The van der Waals surface area contributed by atoms with E-state index in [0.717, 1.165) is 18.7 Å². The van der Waals surface area contributed by atoms with Gasteiger partial charge in [-0.1, -0.05) is 18.2 Å². The van der Waals surface area contributed by atoms with E-state index in [1.165, 1.54) is 5.56 Å². The van der Waals surface area contributed by atoms with Crippen LogP contribution in [-0.2, 0) is 6.54 Å². The summed E-state index contributed by atoms with van der Waals surface area (Å²) in [5.41, 5.74) is 2.32. The van der Waals surface area contributed by atoms with Crippen molar-refractivity contribution in [3.63, 3.8) is 0 Å². The molecule has 0 amide bonds. The zero-order valence-electron chi connectivity index (χ0n) is 9.56. The highest BCUT2D eigenvalue weighted by Gasteiger charge is 2.17. The highest BCUT2D eigenvalue weighted by atomic mass is 16.3. The average molecular weight is 218 g/mol. The van der Waals surface area contributed by atoms with Gasteiger partial charge in [-0.05, 0) is 25.0 Å². The summed E-state index contributed by atoms with van der Waals surface area (Å²) >= 11 is 0. The molecule has 0 unspecified atom stereocenters. The maximum Gasteiger partial charge on any atom is 0.0570 e. The minimum Gasteiger partial charge on any atom is -0.396 e. The molecule has 0 saturated carbocycles. The predicted octanol–water partition coefficient (Wildman–Crippen LogP) is 1.42. The van der Waals surface area contributed by atoms with Gasteiger partial charge in [-0.3, -0.25) is 4.98 Å². The Balaban J connectivity index is 1.85. The molecule has 0 saturated heterocycles. The molecule has 1 aliphatic carbocycles. The lowest BCUT2D eigenvalue weighted by Gasteiger charge is -2.13. The summed E-state index contributed by atoms with van der Waals surface area (Å²) in [6.07, 6.45) is 7.04. The van der Waals surface area contributed by atoms with Crippen molar-refractivity contribution in [3.8, 4) is 0 Å². The molecule has 2 N–H and O–H groups in total. The number of aliphatic hydroxyl groups is 1. The van der Waals surface area contributed by atoms with Crippen molar-refractivity contribution in [3.05, 3.63) is 41.7 Å². The van der Waals surface area contributed by atoms with Crippen molar-refractivity contribution in [2.24, 2.45) is 5.92 Å². The Hall–Kier alpha value is -1.19. The molecule has 0 fully saturated rings. The highest BCUT2D eigenvalue weighted by Crippen LogP contribution is 2.17. The third kappa shape index (κ3) is 2.68. The summed E-state index contributed by atoms with van der Waals surface area (Å²) in [7, 11) is 0. The molecule has 0 aromatic carbocycles. The van der Waals surface area contributed by atoms with Gasteiger partial charge in [-0.2, -0.15) is 0 Å². The number of pyridine rings is 1. The highest BCUT2D eigenvalue weighted by molar-refractivity contribution is 5.18. The molecule has 86 valence electrons. The summed E-state index contributed by atoms with van der Waals surface area (Å²) in [5.74, 6) is 0.322. The monoisotopic (exact) mass is 218 g/mol. The largest absolute Gasteiger partial charge is 0.396 e. The molecule has 0 spiro atoms. The molecule has 0 radical (unpaired) electrons. The summed E-state index contributed by atoms with van der Waals surface area (Å²) in [6, 6.07) is 4.40. The van der Waals surface area contributed by atoms with Crippen molar-refractivity contribution in [1.29, 1.82) is 0 Å². The van der Waals surface area contributed by atoms with Crippen LogP contribution in [0.15, 0.2) is 30.5 Å². The van der Waals surface area contributed by atoms with E-state index in [-0.39, 0.29) is 6.61 Å². The van der Waals surface area contributed by atoms with Crippen molar-refractivity contribution in [2.75, 3.05) is 6.61 Å². The van der Waals surface area contributed by atoms with E-state index >= 15 is 0 Å². The average Bonchev–Trinajstić information content (AvgIpc) is 2.76. The Morgan fingerprint density at radius 3 is 3.06 bits per heavy atom.